The van der Waals surface area contributed by atoms with Gasteiger partial charge in [-0.25, -0.2) is 0 Å². The molecule has 1 aliphatic rings. The predicted molar refractivity (Wildman–Crippen MR) is 128 cm³/mol. The van der Waals surface area contributed by atoms with Gasteiger partial charge < -0.3 is 19.9 Å². The zero-order valence-electron chi connectivity index (χ0n) is 18.3. The Balaban J connectivity index is 1.34. The van der Waals surface area contributed by atoms with E-state index in [0.717, 1.165) is 48.9 Å². The smallest absolute Gasteiger partial charge is 0.255 e. The van der Waals surface area contributed by atoms with Gasteiger partial charge in [-0.05, 0) is 79.2 Å². The SMILES string of the molecule is COc1ccc(C(=O)Nc2ccc(N3CCN(c4ccc(C#N)cc4C)CC3)cc2)cc1. The van der Waals surface area contributed by atoms with Crippen molar-refractivity contribution < 1.29 is 9.53 Å². The van der Waals surface area contributed by atoms with E-state index in [1.165, 1.54) is 5.69 Å². The van der Waals surface area contributed by atoms with Crippen molar-refractivity contribution in [2.75, 3.05) is 48.4 Å². The van der Waals surface area contributed by atoms with Crippen LogP contribution in [0.3, 0.4) is 0 Å². The Kier molecular flexibility index (Phi) is 6.27. The van der Waals surface area contributed by atoms with E-state index in [9.17, 15) is 4.79 Å². The highest BCUT2D eigenvalue weighted by Gasteiger charge is 2.19. The number of hydrogen-bond acceptors (Lipinski definition) is 5. The molecule has 1 N–H and O–H groups in total. The lowest BCUT2D eigenvalue weighted by atomic mass is 10.1. The molecule has 1 amide bonds. The summed E-state index contributed by atoms with van der Waals surface area (Å²) in [5.41, 5.74) is 5.52. The second-order valence-electron chi connectivity index (χ2n) is 7.82. The first-order valence-corrected chi connectivity index (χ1v) is 10.6. The van der Waals surface area contributed by atoms with Gasteiger partial charge in [-0.15, -0.1) is 0 Å². The maximum absolute atomic E-state index is 12.5. The summed E-state index contributed by atoms with van der Waals surface area (Å²) in [5.74, 6) is 0.576. The molecule has 0 unspecified atom stereocenters. The molecule has 1 fully saturated rings. The van der Waals surface area contributed by atoms with Gasteiger partial charge in [0.05, 0.1) is 18.7 Å². The Hall–Kier alpha value is -3.98. The number of nitrogens with one attached hydrogen (secondary N) is 1. The van der Waals surface area contributed by atoms with E-state index >= 15 is 0 Å². The summed E-state index contributed by atoms with van der Waals surface area (Å²) in [6.07, 6.45) is 0. The van der Waals surface area contributed by atoms with Crippen LogP contribution in [-0.2, 0) is 0 Å². The molecule has 3 aromatic carbocycles. The summed E-state index contributed by atoms with van der Waals surface area (Å²) in [5, 5.41) is 12.0. The molecule has 1 saturated heterocycles. The number of methoxy groups -OCH3 is 1. The number of anilines is 3. The molecule has 0 saturated carbocycles. The summed E-state index contributed by atoms with van der Waals surface area (Å²) in [6.45, 7) is 5.72. The molecule has 6 nitrogen and oxygen atoms in total. The van der Waals surface area contributed by atoms with Crippen LogP contribution < -0.4 is 19.9 Å². The summed E-state index contributed by atoms with van der Waals surface area (Å²) < 4.78 is 5.13. The van der Waals surface area contributed by atoms with Gasteiger partial charge in [0.2, 0.25) is 0 Å². The molecule has 1 aliphatic heterocycles. The largest absolute Gasteiger partial charge is 0.497 e. The molecule has 4 rings (SSSR count). The maximum atomic E-state index is 12.5. The molecule has 0 aromatic heterocycles. The number of ether oxygens (including phenoxy) is 1. The lowest BCUT2D eigenvalue weighted by Crippen LogP contribution is -2.46. The van der Waals surface area contributed by atoms with Crippen LogP contribution in [0.4, 0.5) is 17.1 Å². The Morgan fingerprint density at radius 2 is 1.59 bits per heavy atom. The summed E-state index contributed by atoms with van der Waals surface area (Å²) in [6, 6.07) is 23.1. The van der Waals surface area contributed by atoms with E-state index in [1.807, 2.05) is 42.5 Å². The number of carbonyl (C=O) groups excluding carboxylic acids is 1. The summed E-state index contributed by atoms with van der Waals surface area (Å²) in [7, 11) is 1.60. The molecular weight excluding hydrogens is 400 g/mol. The topological polar surface area (TPSA) is 68.6 Å². The number of benzene rings is 3. The van der Waals surface area contributed by atoms with Crippen LogP contribution in [0.1, 0.15) is 21.5 Å². The molecule has 0 bridgehead atoms. The van der Waals surface area contributed by atoms with E-state index < -0.39 is 0 Å². The van der Waals surface area contributed by atoms with Crippen molar-refractivity contribution in [2.24, 2.45) is 0 Å². The highest BCUT2D eigenvalue weighted by Crippen LogP contribution is 2.25. The third-order valence-electron chi connectivity index (χ3n) is 5.79. The minimum Gasteiger partial charge on any atom is -0.497 e. The number of amides is 1. The zero-order valence-corrected chi connectivity index (χ0v) is 18.3. The van der Waals surface area contributed by atoms with Crippen molar-refractivity contribution in [1.82, 2.24) is 0 Å². The Morgan fingerprint density at radius 3 is 2.19 bits per heavy atom. The lowest BCUT2D eigenvalue weighted by Gasteiger charge is -2.38. The number of nitrogens with zero attached hydrogens (tertiary/aromatic N) is 3. The van der Waals surface area contributed by atoms with E-state index in [4.69, 9.17) is 10.00 Å². The third-order valence-corrected chi connectivity index (χ3v) is 5.79. The molecule has 0 aliphatic carbocycles. The molecule has 162 valence electrons. The van der Waals surface area contributed by atoms with Gasteiger partial charge in [-0.2, -0.15) is 5.26 Å². The van der Waals surface area contributed by atoms with Gasteiger partial charge in [-0.3, -0.25) is 4.79 Å². The van der Waals surface area contributed by atoms with Gasteiger partial charge in [0.15, 0.2) is 0 Å². The number of carbonyl (C=O) groups is 1. The second kappa shape index (κ2) is 9.44. The van der Waals surface area contributed by atoms with Crippen LogP contribution in [0, 0.1) is 18.3 Å². The average molecular weight is 427 g/mol. The first-order chi connectivity index (χ1) is 15.6. The van der Waals surface area contributed by atoms with Gasteiger partial charge in [-0.1, -0.05) is 0 Å². The number of rotatable bonds is 5. The zero-order chi connectivity index (χ0) is 22.5. The first kappa shape index (κ1) is 21.3. The Labute approximate surface area is 188 Å². The van der Waals surface area contributed by atoms with Crippen LogP contribution in [0.5, 0.6) is 5.75 Å². The van der Waals surface area contributed by atoms with Crippen molar-refractivity contribution in [3.63, 3.8) is 0 Å². The summed E-state index contributed by atoms with van der Waals surface area (Å²) in [4.78, 5) is 17.2. The van der Waals surface area contributed by atoms with Gasteiger partial charge >= 0.3 is 0 Å². The van der Waals surface area contributed by atoms with E-state index in [2.05, 4.69) is 28.1 Å². The molecule has 6 heteroatoms. The molecule has 1 heterocycles. The third kappa shape index (κ3) is 4.68. The number of hydrogen-bond donors (Lipinski definition) is 1. The van der Waals surface area contributed by atoms with Gasteiger partial charge in [0, 0.05) is 48.8 Å². The molecular formula is C26H26N4O2. The lowest BCUT2D eigenvalue weighted by molar-refractivity contribution is 0.102. The first-order valence-electron chi connectivity index (χ1n) is 10.6. The van der Waals surface area contributed by atoms with Crippen molar-refractivity contribution in [1.29, 1.82) is 5.26 Å². The van der Waals surface area contributed by atoms with Crippen molar-refractivity contribution in [2.45, 2.75) is 6.92 Å². The molecule has 0 radical (unpaired) electrons. The van der Waals surface area contributed by atoms with E-state index in [0.29, 0.717) is 11.1 Å². The minimum absolute atomic E-state index is 0.146. The fourth-order valence-corrected chi connectivity index (χ4v) is 3.99. The molecule has 0 atom stereocenters. The van der Waals surface area contributed by atoms with Crippen LogP contribution in [0.2, 0.25) is 0 Å². The monoisotopic (exact) mass is 426 g/mol. The normalized spacial score (nSPS) is 13.4. The highest BCUT2D eigenvalue weighted by molar-refractivity contribution is 6.04. The standard InChI is InChI=1S/C26H26N4O2/c1-19-17-20(18-27)3-12-25(19)30-15-13-29(14-16-30)23-8-6-22(7-9-23)28-26(31)21-4-10-24(32-2)11-5-21/h3-12,17H,13-16H2,1-2H3,(H,28,31). The van der Waals surface area contributed by atoms with Crippen LogP contribution >= 0.6 is 0 Å². The number of piperazine rings is 1. The number of aryl methyl sites for hydroxylation is 1. The fraction of sp³-hybridized carbons (Fsp3) is 0.231. The van der Waals surface area contributed by atoms with Crippen molar-refractivity contribution >= 4 is 23.0 Å². The average Bonchev–Trinajstić information content (AvgIpc) is 2.84. The van der Waals surface area contributed by atoms with Crippen molar-refractivity contribution in [3.05, 3.63) is 83.4 Å². The maximum Gasteiger partial charge on any atom is 0.255 e. The Morgan fingerprint density at radius 1 is 0.938 bits per heavy atom. The van der Waals surface area contributed by atoms with Crippen LogP contribution in [0.25, 0.3) is 0 Å². The van der Waals surface area contributed by atoms with Crippen LogP contribution in [-0.4, -0.2) is 39.2 Å². The second-order valence-corrected chi connectivity index (χ2v) is 7.82. The fourth-order valence-electron chi connectivity index (χ4n) is 3.99. The Bertz CT molecular complexity index is 1130. The minimum atomic E-state index is -0.146. The molecule has 32 heavy (non-hydrogen) atoms. The highest BCUT2D eigenvalue weighted by atomic mass is 16.5. The van der Waals surface area contributed by atoms with Gasteiger partial charge in [0.25, 0.3) is 5.91 Å². The molecule has 3 aromatic rings. The van der Waals surface area contributed by atoms with E-state index in [1.54, 1.807) is 31.4 Å². The summed E-state index contributed by atoms with van der Waals surface area (Å²) >= 11 is 0. The van der Waals surface area contributed by atoms with Crippen molar-refractivity contribution in [3.8, 4) is 11.8 Å². The van der Waals surface area contributed by atoms with Gasteiger partial charge in [0.1, 0.15) is 5.75 Å². The molecule has 0 spiro atoms. The number of nitriles is 1. The van der Waals surface area contributed by atoms with Crippen LogP contribution in [0.15, 0.2) is 66.7 Å². The van der Waals surface area contributed by atoms with E-state index in [-0.39, 0.29) is 5.91 Å². The quantitative estimate of drug-likeness (QED) is 0.653. The predicted octanol–water partition coefficient (Wildman–Crippen LogP) is 4.45.